The van der Waals surface area contributed by atoms with Crippen LogP contribution in [0.3, 0.4) is 0 Å². The van der Waals surface area contributed by atoms with Gasteiger partial charge in [-0.25, -0.2) is 14.2 Å². The first-order valence-corrected chi connectivity index (χ1v) is 8.49. The van der Waals surface area contributed by atoms with Gasteiger partial charge in [0.25, 0.3) is 0 Å². The van der Waals surface area contributed by atoms with E-state index in [1.54, 1.807) is 18.2 Å². The predicted octanol–water partition coefficient (Wildman–Crippen LogP) is 5.12. The average Bonchev–Trinajstić information content (AvgIpc) is 2.65. The van der Waals surface area contributed by atoms with E-state index >= 15 is 0 Å². The van der Waals surface area contributed by atoms with Crippen LogP contribution < -0.4 is 0 Å². The lowest BCUT2D eigenvalue weighted by Gasteiger charge is -2.11. The Balaban J connectivity index is 2.13. The number of alkyl halides is 3. The van der Waals surface area contributed by atoms with E-state index in [0.717, 1.165) is 24.7 Å². The molecular formula is C20H20F4N2O2. The lowest BCUT2D eigenvalue weighted by Crippen LogP contribution is -2.14. The molecule has 0 saturated heterocycles. The summed E-state index contributed by atoms with van der Waals surface area (Å²) in [6, 6.07) is 6.85. The van der Waals surface area contributed by atoms with Crippen LogP contribution in [0.15, 0.2) is 41.4 Å². The number of carbonyl (C=O) groups is 1. The zero-order valence-electron chi connectivity index (χ0n) is 15.7. The minimum absolute atomic E-state index is 0.157. The van der Waals surface area contributed by atoms with E-state index in [9.17, 15) is 22.4 Å². The number of nitrogens with zero attached hydrogens (tertiary/aromatic N) is 2. The fraction of sp³-hybridized carbons (Fsp3) is 0.300. The summed E-state index contributed by atoms with van der Waals surface area (Å²) >= 11 is 0. The third-order valence-electron chi connectivity index (χ3n) is 4.02. The maximum absolute atomic E-state index is 14.3. The second-order valence-corrected chi connectivity index (χ2v) is 6.21. The maximum atomic E-state index is 14.3. The van der Waals surface area contributed by atoms with Gasteiger partial charge in [-0.2, -0.15) is 13.2 Å². The van der Waals surface area contributed by atoms with Gasteiger partial charge >= 0.3 is 12.1 Å². The molecule has 0 fully saturated rings. The normalized spacial score (nSPS) is 11.7. The molecule has 2 rings (SSSR count). The van der Waals surface area contributed by atoms with Crippen molar-refractivity contribution in [3.63, 3.8) is 0 Å². The highest BCUT2D eigenvalue weighted by atomic mass is 19.4. The zero-order valence-corrected chi connectivity index (χ0v) is 15.7. The highest BCUT2D eigenvalue weighted by molar-refractivity contribution is 5.90. The summed E-state index contributed by atoms with van der Waals surface area (Å²) in [6.07, 6.45) is -2.95. The first-order valence-electron chi connectivity index (χ1n) is 8.49. The first-order chi connectivity index (χ1) is 13.1. The quantitative estimate of drug-likeness (QED) is 0.295. The Morgan fingerprint density at radius 3 is 2.61 bits per heavy atom. The molecule has 0 bridgehead atoms. The van der Waals surface area contributed by atoms with E-state index in [4.69, 9.17) is 4.74 Å². The minimum atomic E-state index is -4.49. The second-order valence-electron chi connectivity index (χ2n) is 6.21. The van der Waals surface area contributed by atoms with Crippen molar-refractivity contribution in [2.75, 3.05) is 13.6 Å². The number of hydrogen-bond acceptors (Lipinski definition) is 3. The van der Waals surface area contributed by atoms with Gasteiger partial charge in [0.15, 0.2) is 0 Å². The van der Waals surface area contributed by atoms with Crippen molar-refractivity contribution >= 4 is 18.0 Å². The summed E-state index contributed by atoms with van der Waals surface area (Å²) in [6.45, 7) is 3.93. The van der Waals surface area contributed by atoms with E-state index in [2.05, 4.69) is 4.99 Å². The molecule has 0 unspecified atom stereocenters. The third kappa shape index (κ3) is 5.55. The van der Waals surface area contributed by atoms with Gasteiger partial charge in [0.1, 0.15) is 12.4 Å². The van der Waals surface area contributed by atoms with Gasteiger partial charge in [0.2, 0.25) is 0 Å². The van der Waals surface area contributed by atoms with Gasteiger partial charge in [-0.05, 0) is 43.2 Å². The van der Waals surface area contributed by atoms with Gasteiger partial charge in [-0.1, -0.05) is 12.1 Å². The van der Waals surface area contributed by atoms with Crippen LogP contribution in [0, 0.1) is 12.7 Å². The molecule has 2 aromatic carbocycles. The van der Waals surface area contributed by atoms with Crippen molar-refractivity contribution in [2.45, 2.75) is 26.6 Å². The number of esters is 1. The average molecular weight is 396 g/mol. The maximum Gasteiger partial charge on any atom is 0.416 e. The highest BCUT2D eigenvalue weighted by Crippen LogP contribution is 2.30. The molecule has 0 aromatic heterocycles. The molecule has 0 radical (unpaired) electrons. The SMILES string of the molecule is CCN(C)/C=N/c1cc(F)c(C(=O)OCc2cccc(C(F)(F)F)c2)cc1C. The van der Waals surface area contributed by atoms with Crippen molar-refractivity contribution < 1.29 is 27.1 Å². The van der Waals surface area contributed by atoms with Crippen LogP contribution in [-0.4, -0.2) is 30.8 Å². The van der Waals surface area contributed by atoms with Crippen molar-refractivity contribution in [1.82, 2.24) is 4.90 Å². The van der Waals surface area contributed by atoms with E-state index in [-0.39, 0.29) is 11.1 Å². The number of benzene rings is 2. The molecule has 0 aliphatic carbocycles. The van der Waals surface area contributed by atoms with Crippen LogP contribution in [0.1, 0.15) is 34.0 Å². The van der Waals surface area contributed by atoms with Crippen molar-refractivity contribution in [3.05, 3.63) is 64.5 Å². The molecular weight excluding hydrogens is 376 g/mol. The molecule has 2 aromatic rings. The van der Waals surface area contributed by atoms with E-state index in [0.29, 0.717) is 11.3 Å². The number of hydrogen-bond donors (Lipinski definition) is 0. The molecule has 0 atom stereocenters. The molecule has 0 aliphatic heterocycles. The molecule has 0 saturated carbocycles. The zero-order chi connectivity index (χ0) is 20.9. The van der Waals surface area contributed by atoms with Crippen LogP contribution >= 0.6 is 0 Å². The number of aryl methyl sites for hydroxylation is 1. The van der Waals surface area contributed by atoms with E-state index in [1.807, 2.05) is 14.0 Å². The molecule has 0 N–H and O–H groups in total. The van der Waals surface area contributed by atoms with Gasteiger partial charge < -0.3 is 9.64 Å². The topological polar surface area (TPSA) is 41.9 Å². The highest BCUT2D eigenvalue weighted by Gasteiger charge is 2.30. The lowest BCUT2D eigenvalue weighted by atomic mass is 10.1. The fourth-order valence-electron chi connectivity index (χ4n) is 2.27. The molecule has 4 nitrogen and oxygen atoms in total. The lowest BCUT2D eigenvalue weighted by molar-refractivity contribution is -0.137. The van der Waals surface area contributed by atoms with Crippen LogP contribution in [0.25, 0.3) is 0 Å². The number of halogens is 4. The van der Waals surface area contributed by atoms with Crippen molar-refractivity contribution in [1.29, 1.82) is 0 Å². The summed E-state index contributed by atoms with van der Waals surface area (Å²) < 4.78 is 57.5. The van der Waals surface area contributed by atoms with Crippen LogP contribution in [0.5, 0.6) is 0 Å². The van der Waals surface area contributed by atoms with Gasteiger partial charge in [0, 0.05) is 19.7 Å². The Bertz CT molecular complexity index is 879. The van der Waals surface area contributed by atoms with Gasteiger partial charge in [-0.3, -0.25) is 0 Å². The van der Waals surface area contributed by atoms with Gasteiger partial charge in [-0.15, -0.1) is 0 Å². The Morgan fingerprint density at radius 2 is 1.96 bits per heavy atom. The number of ether oxygens (including phenoxy) is 1. The predicted molar refractivity (Wildman–Crippen MR) is 98.2 cm³/mol. The largest absolute Gasteiger partial charge is 0.457 e. The number of carbonyl (C=O) groups excluding carboxylic acids is 1. The summed E-state index contributed by atoms with van der Waals surface area (Å²) in [5.41, 5.74) is -0.0564. The summed E-state index contributed by atoms with van der Waals surface area (Å²) in [7, 11) is 1.81. The van der Waals surface area contributed by atoms with E-state index < -0.39 is 30.1 Å². The van der Waals surface area contributed by atoms with E-state index in [1.165, 1.54) is 18.2 Å². The summed E-state index contributed by atoms with van der Waals surface area (Å²) in [5.74, 6) is -1.77. The van der Waals surface area contributed by atoms with Crippen molar-refractivity contribution in [2.24, 2.45) is 4.99 Å². The molecule has 28 heavy (non-hydrogen) atoms. The summed E-state index contributed by atoms with van der Waals surface area (Å²) in [5, 5.41) is 0. The monoisotopic (exact) mass is 396 g/mol. The smallest absolute Gasteiger partial charge is 0.416 e. The second kappa shape index (κ2) is 8.86. The van der Waals surface area contributed by atoms with Crippen LogP contribution in [0.4, 0.5) is 23.2 Å². The van der Waals surface area contributed by atoms with Crippen LogP contribution in [-0.2, 0) is 17.5 Å². The van der Waals surface area contributed by atoms with Gasteiger partial charge in [0.05, 0.1) is 23.2 Å². The molecule has 8 heteroatoms. The standard InChI is InChI=1S/C20H20F4N2O2/c1-4-26(3)12-25-18-10-17(21)16(8-13(18)2)19(27)28-11-14-6-5-7-15(9-14)20(22,23)24/h5-10,12H,4,11H2,1-3H3/b25-12+. The Labute approximate surface area is 160 Å². The number of rotatable bonds is 6. The number of aliphatic imine (C=N–C) groups is 1. The first kappa shape index (κ1) is 21.4. The molecule has 0 amide bonds. The Hall–Kier alpha value is -2.90. The molecule has 0 heterocycles. The third-order valence-corrected chi connectivity index (χ3v) is 4.02. The Kier molecular flexibility index (Phi) is 6.77. The molecule has 0 aliphatic rings. The fourth-order valence-corrected chi connectivity index (χ4v) is 2.27. The summed E-state index contributed by atoms with van der Waals surface area (Å²) in [4.78, 5) is 18.1. The molecule has 150 valence electrons. The Morgan fingerprint density at radius 1 is 1.25 bits per heavy atom. The van der Waals surface area contributed by atoms with Crippen LogP contribution in [0.2, 0.25) is 0 Å². The van der Waals surface area contributed by atoms with Crippen molar-refractivity contribution in [3.8, 4) is 0 Å². The minimum Gasteiger partial charge on any atom is -0.457 e. The molecule has 0 spiro atoms.